The lowest BCUT2D eigenvalue weighted by Crippen LogP contribution is -2.42. The molecule has 0 radical (unpaired) electrons. The van der Waals surface area contributed by atoms with Gasteiger partial charge in [-0.1, -0.05) is 48.9 Å². The number of benzene rings is 2. The number of rotatable bonds is 6. The fraction of sp³-hybridized carbons (Fsp3) is 0.174. The van der Waals surface area contributed by atoms with E-state index in [1.54, 1.807) is 30.3 Å². The highest BCUT2D eigenvalue weighted by atomic mass is 35.5. The first-order valence-corrected chi connectivity index (χ1v) is 10.4. The molecule has 0 unspecified atom stereocenters. The fourth-order valence-corrected chi connectivity index (χ4v) is 3.59. The van der Waals surface area contributed by atoms with Gasteiger partial charge in [0.25, 0.3) is 5.56 Å². The minimum Gasteiger partial charge on any atom is -0.324 e. The summed E-state index contributed by atoms with van der Waals surface area (Å²) in [6.45, 7) is 1.69. The second-order valence-corrected chi connectivity index (χ2v) is 7.61. The van der Waals surface area contributed by atoms with Crippen LogP contribution in [0.15, 0.2) is 70.5 Å². The Labute approximate surface area is 188 Å². The van der Waals surface area contributed by atoms with Crippen molar-refractivity contribution in [2.45, 2.75) is 26.4 Å². The first kappa shape index (κ1) is 21.5. The van der Waals surface area contributed by atoms with E-state index in [0.29, 0.717) is 16.3 Å². The topological polar surface area (TPSA) is 98.9 Å². The Morgan fingerprint density at radius 1 is 1.00 bits per heavy atom. The Balaban J connectivity index is 1.75. The molecule has 8 nitrogen and oxygen atoms in total. The number of nitrogens with zero attached hydrogens (tertiary/aromatic N) is 4. The van der Waals surface area contributed by atoms with Gasteiger partial charge in [-0.3, -0.25) is 18.7 Å². The quantitative estimate of drug-likeness (QED) is 0.488. The van der Waals surface area contributed by atoms with Gasteiger partial charge in [0, 0.05) is 23.1 Å². The molecule has 2 heterocycles. The van der Waals surface area contributed by atoms with Crippen LogP contribution in [0.3, 0.4) is 0 Å². The van der Waals surface area contributed by atoms with Crippen molar-refractivity contribution in [2.24, 2.45) is 0 Å². The van der Waals surface area contributed by atoms with Crippen molar-refractivity contribution in [3.63, 3.8) is 0 Å². The van der Waals surface area contributed by atoms with Gasteiger partial charge in [-0.2, -0.15) is 0 Å². The summed E-state index contributed by atoms with van der Waals surface area (Å²) in [7, 11) is 0. The minimum atomic E-state index is -0.642. The maximum absolute atomic E-state index is 13.2. The van der Waals surface area contributed by atoms with Crippen LogP contribution in [0.5, 0.6) is 0 Å². The molecule has 0 spiro atoms. The van der Waals surface area contributed by atoms with Crippen LogP contribution in [0.2, 0.25) is 5.02 Å². The molecule has 4 rings (SSSR count). The van der Waals surface area contributed by atoms with E-state index in [2.05, 4.69) is 15.3 Å². The van der Waals surface area contributed by atoms with Crippen molar-refractivity contribution < 1.29 is 4.79 Å². The van der Waals surface area contributed by atoms with E-state index in [-0.39, 0.29) is 24.3 Å². The normalized spacial score (nSPS) is 10.9. The fourth-order valence-electron chi connectivity index (χ4n) is 3.47. The number of carbonyl (C=O) groups is 1. The standard InChI is InChI=1S/C23H20ClN5O3/c1-2-16-5-3-4-6-18(16)27-19(30)14-28-21-20(25-11-12-26-21)22(31)29(23(28)32)13-15-7-9-17(24)10-8-15/h3-12H,2,13-14H2,1H3,(H,27,30). The molecule has 0 saturated carbocycles. The van der Waals surface area contributed by atoms with Crippen LogP contribution in [0, 0.1) is 0 Å². The van der Waals surface area contributed by atoms with Gasteiger partial charge in [0.15, 0.2) is 11.2 Å². The van der Waals surface area contributed by atoms with Gasteiger partial charge in [-0.05, 0) is 35.7 Å². The molecular formula is C23H20ClN5O3. The molecule has 32 heavy (non-hydrogen) atoms. The van der Waals surface area contributed by atoms with Gasteiger partial charge in [-0.15, -0.1) is 0 Å². The summed E-state index contributed by atoms with van der Waals surface area (Å²) in [5.41, 5.74) is 1.24. The number of aromatic nitrogens is 4. The van der Waals surface area contributed by atoms with Crippen LogP contribution in [0.4, 0.5) is 5.69 Å². The summed E-state index contributed by atoms with van der Waals surface area (Å²) >= 11 is 5.93. The highest BCUT2D eigenvalue weighted by Crippen LogP contribution is 2.15. The summed E-state index contributed by atoms with van der Waals surface area (Å²) in [5.74, 6) is -0.406. The lowest BCUT2D eigenvalue weighted by atomic mass is 10.1. The maximum Gasteiger partial charge on any atom is 0.333 e. The van der Waals surface area contributed by atoms with Crippen molar-refractivity contribution in [2.75, 3.05) is 5.32 Å². The number of hydrogen-bond donors (Lipinski definition) is 1. The number of carbonyl (C=O) groups excluding carboxylic acids is 1. The Morgan fingerprint density at radius 2 is 1.72 bits per heavy atom. The Morgan fingerprint density at radius 3 is 2.47 bits per heavy atom. The van der Waals surface area contributed by atoms with Crippen molar-refractivity contribution >= 4 is 34.4 Å². The summed E-state index contributed by atoms with van der Waals surface area (Å²) in [4.78, 5) is 47.3. The molecule has 162 valence electrons. The van der Waals surface area contributed by atoms with Gasteiger partial charge in [0.05, 0.1) is 6.54 Å². The van der Waals surface area contributed by atoms with Gasteiger partial charge in [0.1, 0.15) is 6.54 Å². The molecule has 0 aliphatic heterocycles. The van der Waals surface area contributed by atoms with E-state index in [4.69, 9.17) is 11.6 Å². The third-order valence-electron chi connectivity index (χ3n) is 5.07. The highest BCUT2D eigenvalue weighted by Gasteiger charge is 2.18. The number of para-hydroxylation sites is 1. The number of nitrogens with one attached hydrogen (secondary N) is 1. The van der Waals surface area contributed by atoms with Gasteiger partial charge < -0.3 is 5.32 Å². The zero-order chi connectivity index (χ0) is 22.7. The first-order chi connectivity index (χ1) is 15.5. The Bertz CT molecular complexity index is 1410. The number of fused-ring (bicyclic) bond motifs is 1. The minimum absolute atomic E-state index is 0.0155. The molecular weight excluding hydrogens is 430 g/mol. The summed E-state index contributed by atoms with van der Waals surface area (Å²) < 4.78 is 2.22. The third kappa shape index (κ3) is 4.31. The summed E-state index contributed by atoms with van der Waals surface area (Å²) in [5, 5.41) is 3.39. The number of hydrogen-bond acceptors (Lipinski definition) is 5. The van der Waals surface area contributed by atoms with E-state index >= 15 is 0 Å². The molecule has 9 heteroatoms. The number of halogens is 1. The SMILES string of the molecule is CCc1ccccc1NC(=O)Cn1c(=O)n(Cc2ccc(Cl)cc2)c(=O)c2nccnc21. The number of anilines is 1. The molecule has 1 N–H and O–H groups in total. The maximum atomic E-state index is 13.2. The predicted molar refractivity (Wildman–Crippen MR) is 123 cm³/mol. The zero-order valence-electron chi connectivity index (χ0n) is 17.3. The van der Waals surface area contributed by atoms with Crippen molar-refractivity contribution in [1.82, 2.24) is 19.1 Å². The molecule has 0 aliphatic carbocycles. The van der Waals surface area contributed by atoms with Crippen molar-refractivity contribution in [1.29, 1.82) is 0 Å². The molecule has 2 aromatic heterocycles. The smallest absolute Gasteiger partial charge is 0.324 e. The average Bonchev–Trinajstić information content (AvgIpc) is 2.81. The Hall–Kier alpha value is -3.78. The number of aryl methyl sites for hydroxylation is 1. The van der Waals surface area contributed by atoms with Crippen LogP contribution in [0.25, 0.3) is 11.2 Å². The Kier molecular flexibility index (Phi) is 6.13. The van der Waals surface area contributed by atoms with Crippen LogP contribution in [-0.2, 0) is 24.3 Å². The molecule has 1 amide bonds. The van der Waals surface area contributed by atoms with Crippen LogP contribution in [-0.4, -0.2) is 25.0 Å². The van der Waals surface area contributed by atoms with Gasteiger partial charge >= 0.3 is 5.69 Å². The van der Waals surface area contributed by atoms with E-state index in [1.165, 1.54) is 17.0 Å². The lowest BCUT2D eigenvalue weighted by molar-refractivity contribution is -0.116. The molecule has 4 aromatic rings. The van der Waals surface area contributed by atoms with E-state index in [1.807, 2.05) is 25.1 Å². The summed E-state index contributed by atoms with van der Waals surface area (Å²) in [6, 6.07) is 14.3. The zero-order valence-corrected chi connectivity index (χ0v) is 18.0. The van der Waals surface area contributed by atoms with Crippen molar-refractivity contribution in [3.8, 4) is 0 Å². The van der Waals surface area contributed by atoms with E-state index in [9.17, 15) is 14.4 Å². The average molecular weight is 450 g/mol. The van der Waals surface area contributed by atoms with E-state index in [0.717, 1.165) is 16.6 Å². The monoisotopic (exact) mass is 449 g/mol. The third-order valence-corrected chi connectivity index (χ3v) is 5.32. The second-order valence-electron chi connectivity index (χ2n) is 7.17. The van der Waals surface area contributed by atoms with Crippen LogP contribution in [0.1, 0.15) is 18.1 Å². The van der Waals surface area contributed by atoms with Crippen LogP contribution < -0.4 is 16.6 Å². The largest absolute Gasteiger partial charge is 0.333 e. The number of amides is 1. The summed E-state index contributed by atoms with van der Waals surface area (Å²) in [6.07, 6.45) is 3.51. The molecule has 0 saturated heterocycles. The highest BCUT2D eigenvalue weighted by molar-refractivity contribution is 6.30. The predicted octanol–water partition coefficient (Wildman–Crippen LogP) is 2.86. The lowest BCUT2D eigenvalue weighted by Gasteiger charge is -2.14. The molecule has 2 aromatic carbocycles. The van der Waals surface area contributed by atoms with Crippen molar-refractivity contribution in [3.05, 3.63) is 97.9 Å². The molecule has 0 atom stereocenters. The molecule has 0 aliphatic rings. The van der Waals surface area contributed by atoms with Gasteiger partial charge in [-0.25, -0.2) is 14.8 Å². The first-order valence-electron chi connectivity index (χ1n) is 10.0. The molecule has 0 bridgehead atoms. The van der Waals surface area contributed by atoms with Crippen LogP contribution >= 0.6 is 11.6 Å². The molecule has 0 fully saturated rings. The second kappa shape index (κ2) is 9.15. The van der Waals surface area contributed by atoms with E-state index < -0.39 is 17.2 Å². The van der Waals surface area contributed by atoms with Gasteiger partial charge in [0.2, 0.25) is 5.91 Å².